The van der Waals surface area contributed by atoms with Gasteiger partial charge in [-0.05, 0) is 196 Å². The molecule has 0 unspecified atom stereocenters. The fourth-order valence-corrected chi connectivity index (χ4v) is 14.6. The van der Waals surface area contributed by atoms with Crippen molar-refractivity contribution in [2.24, 2.45) is 0 Å². The molecule has 95 heavy (non-hydrogen) atoms. The number of fused-ring (bicyclic) bond motifs is 9. The highest BCUT2D eigenvalue weighted by Gasteiger charge is 2.21. The van der Waals surface area contributed by atoms with Gasteiger partial charge in [-0.15, -0.1) is 0 Å². The molecule has 3 aromatic heterocycles. The molecule has 0 N–H and O–H groups in total. The lowest BCUT2D eigenvalue weighted by molar-refractivity contribution is 1.16. The van der Waals surface area contributed by atoms with Gasteiger partial charge in [0.15, 0.2) is 0 Å². The minimum Gasteiger partial charge on any atom is -0.311 e. The molecular weight excluding hydrogens is 1150 g/mol. The summed E-state index contributed by atoms with van der Waals surface area (Å²) >= 11 is 0. The summed E-state index contributed by atoms with van der Waals surface area (Å²) in [7, 11) is 0. The Hall–Kier alpha value is -12.7. The van der Waals surface area contributed by atoms with Crippen molar-refractivity contribution >= 4 is 99.5 Å². The average Bonchev–Trinajstić information content (AvgIpc) is 1.62. The standard InChI is InChI=1S/C90H61N5/c1-3-19-62(20-4-1)64-37-43-69(44-38-64)91(70-45-39-65(40-46-70)63-21-5-2-6-22-63)71-47-41-66(42-48-71)67-23-17-24-68(61-67)78-30-18-36-89-90(78)83-29-11-16-35-88(83)95(89)77-59-53-74(54-60-77)92(72-49-55-75(56-50-72)93-84-31-12-7-25-79(84)80-26-8-13-32-85(80)93)73-51-57-76(58-52-73)94-86-33-14-9-27-81(86)82-28-10-15-34-87(82)94/h1-61H. The van der Waals surface area contributed by atoms with Gasteiger partial charge >= 0.3 is 0 Å². The largest absolute Gasteiger partial charge is 0.311 e. The third-order valence-electron chi connectivity index (χ3n) is 19.1. The Kier molecular flexibility index (Phi) is 13.5. The fourth-order valence-electron chi connectivity index (χ4n) is 14.6. The van der Waals surface area contributed by atoms with E-state index in [0.29, 0.717) is 0 Å². The zero-order chi connectivity index (χ0) is 62.8. The van der Waals surface area contributed by atoms with E-state index >= 15 is 0 Å². The molecule has 3 heterocycles. The molecule has 0 spiro atoms. The van der Waals surface area contributed by atoms with Gasteiger partial charge in [0.1, 0.15) is 0 Å². The first-order valence-electron chi connectivity index (χ1n) is 32.6. The van der Waals surface area contributed by atoms with E-state index in [-0.39, 0.29) is 0 Å². The van der Waals surface area contributed by atoms with E-state index in [2.05, 4.69) is 394 Å². The molecule has 0 aliphatic carbocycles. The monoisotopic (exact) mass is 1210 g/mol. The third kappa shape index (κ3) is 9.64. The lowest BCUT2D eigenvalue weighted by Crippen LogP contribution is -2.10. The van der Waals surface area contributed by atoms with E-state index in [9.17, 15) is 0 Å². The van der Waals surface area contributed by atoms with Crippen LogP contribution in [0.3, 0.4) is 0 Å². The van der Waals surface area contributed by atoms with E-state index in [1.807, 2.05) is 0 Å². The first-order valence-corrected chi connectivity index (χ1v) is 32.6. The molecule has 18 aromatic rings. The van der Waals surface area contributed by atoms with Crippen LogP contribution >= 0.6 is 0 Å². The van der Waals surface area contributed by atoms with Crippen LogP contribution in [0.2, 0.25) is 0 Å². The Morgan fingerprint density at radius 3 is 0.800 bits per heavy atom. The van der Waals surface area contributed by atoms with Crippen molar-refractivity contribution in [3.63, 3.8) is 0 Å². The van der Waals surface area contributed by atoms with Gasteiger partial charge in [-0.3, -0.25) is 0 Å². The lowest BCUT2D eigenvalue weighted by Gasteiger charge is -2.26. The molecule has 15 aromatic carbocycles. The maximum absolute atomic E-state index is 2.43. The van der Waals surface area contributed by atoms with Crippen LogP contribution in [0.4, 0.5) is 34.1 Å². The Bertz CT molecular complexity index is 5500. The number of aromatic nitrogens is 3. The molecule has 0 fully saturated rings. The van der Waals surface area contributed by atoms with Crippen molar-refractivity contribution < 1.29 is 0 Å². The highest BCUT2D eigenvalue weighted by Crippen LogP contribution is 2.44. The van der Waals surface area contributed by atoms with Crippen molar-refractivity contribution in [1.29, 1.82) is 0 Å². The van der Waals surface area contributed by atoms with Crippen molar-refractivity contribution in [2.45, 2.75) is 0 Å². The summed E-state index contributed by atoms with van der Waals surface area (Å²) in [6, 6.07) is 135. The predicted molar refractivity (Wildman–Crippen MR) is 401 cm³/mol. The van der Waals surface area contributed by atoms with E-state index in [0.717, 1.165) is 78.9 Å². The molecule has 0 amide bonds. The second-order valence-electron chi connectivity index (χ2n) is 24.5. The van der Waals surface area contributed by atoms with Crippen LogP contribution in [0.15, 0.2) is 370 Å². The van der Waals surface area contributed by atoms with E-state index < -0.39 is 0 Å². The zero-order valence-electron chi connectivity index (χ0n) is 52.0. The van der Waals surface area contributed by atoms with Crippen LogP contribution in [0, 0.1) is 0 Å². The molecule has 0 aliphatic heterocycles. The minimum atomic E-state index is 1.05. The van der Waals surface area contributed by atoms with Gasteiger partial charge in [0.05, 0.1) is 33.1 Å². The molecule has 5 nitrogen and oxygen atoms in total. The number of anilines is 6. The van der Waals surface area contributed by atoms with Crippen molar-refractivity contribution in [1.82, 2.24) is 13.7 Å². The van der Waals surface area contributed by atoms with Crippen LogP contribution in [0.1, 0.15) is 0 Å². The van der Waals surface area contributed by atoms with Crippen molar-refractivity contribution in [3.8, 4) is 61.6 Å². The summed E-state index contributed by atoms with van der Waals surface area (Å²) in [6.07, 6.45) is 0. The molecule has 0 saturated heterocycles. The Morgan fingerprint density at radius 2 is 0.421 bits per heavy atom. The molecule has 0 bridgehead atoms. The van der Waals surface area contributed by atoms with Crippen LogP contribution in [-0.2, 0) is 0 Å². The first kappa shape index (κ1) is 55.2. The number of benzene rings is 15. The van der Waals surface area contributed by atoms with E-state index in [1.165, 1.54) is 82.2 Å². The summed E-state index contributed by atoms with van der Waals surface area (Å²) in [4.78, 5) is 4.73. The molecule has 0 saturated carbocycles. The molecular formula is C90H61N5. The number of nitrogens with zero attached hydrogens (tertiary/aromatic N) is 5. The van der Waals surface area contributed by atoms with Gasteiger partial charge in [-0.2, -0.15) is 0 Å². The number of hydrogen-bond acceptors (Lipinski definition) is 2. The topological polar surface area (TPSA) is 21.3 Å². The Morgan fingerprint density at radius 1 is 0.168 bits per heavy atom. The molecule has 0 radical (unpaired) electrons. The second-order valence-corrected chi connectivity index (χ2v) is 24.5. The van der Waals surface area contributed by atoms with Gasteiger partial charge in [0.25, 0.3) is 0 Å². The van der Waals surface area contributed by atoms with Gasteiger partial charge in [0, 0.05) is 83.5 Å². The third-order valence-corrected chi connectivity index (χ3v) is 19.1. The van der Waals surface area contributed by atoms with E-state index in [4.69, 9.17) is 0 Å². The molecule has 18 rings (SSSR count). The van der Waals surface area contributed by atoms with Crippen molar-refractivity contribution in [3.05, 3.63) is 370 Å². The highest BCUT2D eigenvalue weighted by atomic mass is 15.2. The fraction of sp³-hybridized carbons (Fsp3) is 0. The Balaban J connectivity index is 0.694. The summed E-state index contributed by atoms with van der Waals surface area (Å²) in [5, 5.41) is 7.42. The minimum absolute atomic E-state index is 1.05. The molecule has 5 heteroatoms. The maximum Gasteiger partial charge on any atom is 0.0547 e. The number of rotatable bonds is 13. The molecule has 446 valence electrons. The first-order chi connectivity index (χ1) is 47.1. The molecule has 0 atom stereocenters. The quantitative estimate of drug-likeness (QED) is 0.115. The summed E-state index contributed by atoms with van der Waals surface area (Å²) in [5.41, 5.74) is 26.2. The number of para-hydroxylation sites is 5. The van der Waals surface area contributed by atoms with Gasteiger partial charge < -0.3 is 23.5 Å². The van der Waals surface area contributed by atoms with Crippen LogP contribution < -0.4 is 9.80 Å². The normalized spacial score (nSPS) is 11.6. The summed E-state index contributed by atoms with van der Waals surface area (Å²) in [5.74, 6) is 0. The Labute approximate surface area is 551 Å². The van der Waals surface area contributed by atoms with Crippen molar-refractivity contribution in [2.75, 3.05) is 9.80 Å². The molecule has 0 aliphatic rings. The summed E-state index contributed by atoms with van der Waals surface area (Å²) in [6.45, 7) is 0. The average molecular weight is 1210 g/mol. The zero-order valence-corrected chi connectivity index (χ0v) is 52.0. The van der Waals surface area contributed by atoms with Gasteiger partial charge in [0.2, 0.25) is 0 Å². The SMILES string of the molecule is c1ccc(-c2ccc(N(c3ccc(-c4ccccc4)cc3)c3ccc(-c4cccc(-c5cccc6c5c5ccccc5n6-c5ccc(N(c6ccc(-n7c8ccccc8c8ccccc87)cc6)c6ccc(-n7c8ccccc8c8ccccc87)cc6)cc5)c4)cc3)cc2)cc1. The maximum atomic E-state index is 2.43. The summed E-state index contributed by atoms with van der Waals surface area (Å²) < 4.78 is 7.20. The predicted octanol–water partition coefficient (Wildman–Crippen LogP) is 24.6. The van der Waals surface area contributed by atoms with Crippen LogP contribution in [0.25, 0.3) is 127 Å². The van der Waals surface area contributed by atoms with Gasteiger partial charge in [-0.1, -0.05) is 218 Å². The van der Waals surface area contributed by atoms with Gasteiger partial charge in [-0.25, -0.2) is 0 Å². The highest BCUT2D eigenvalue weighted by molar-refractivity contribution is 6.16. The second kappa shape index (κ2) is 23.2. The van der Waals surface area contributed by atoms with Crippen LogP contribution in [-0.4, -0.2) is 13.7 Å². The number of hydrogen-bond donors (Lipinski definition) is 0. The van der Waals surface area contributed by atoms with Crippen LogP contribution in [0.5, 0.6) is 0 Å². The smallest absolute Gasteiger partial charge is 0.0547 e. The van der Waals surface area contributed by atoms with E-state index in [1.54, 1.807) is 0 Å². The lowest BCUT2D eigenvalue weighted by atomic mass is 9.95.